The van der Waals surface area contributed by atoms with Crippen LogP contribution in [0.1, 0.15) is 36.2 Å². The second kappa shape index (κ2) is 5.69. The Bertz CT molecular complexity index is 487. The molecule has 0 radical (unpaired) electrons. The molecule has 1 aromatic carbocycles. The molecule has 1 aromatic rings. The van der Waals surface area contributed by atoms with E-state index < -0.39 is 11.5 Å². The Kier molecular flexibility index (Phi) is 4.72. The summed E-state index contributed by atoms with van der Waals surface area (Å²) in [6.45, 7) is 5.19. The minimum atomic E-state index is -1.23. The van der Waals surface area contributed by atoms with Crippen LogP contribution in [0.3, 0.4) is 0 Å². The van der Waals surface area contributed by atoms with Crippen molar-refractivity contribution in [3.63, 3.8) is 0 Å². The summed E-state index contributed by atoms with van der Waals surface area (Å²) in [6.07, 6.45) is 0.330. The Morgan fingerprint density at radius 2 is 2.06 bits per heavy atom. The van der Waals surface area contributed by atoms with E-state index in [2.05, 4.69) is 27.9 Å². The number of hydrogen-bond donors (Lipinski definition) is 2. The zero-order valence-corrected chi connectivity index (χ0v) is 12.7. The van der Waals surface area contributed by atoms with Gasteiger partial charge in [-0.1, -0.05) is 13.0 Å². The molecule has 4 nitrogen and oxygen atoms in total. The van der Waals surface area contributed by atoms with Crippen molar-refractivity contribution in [1.29, 1.82) is 0 Å². The number of halogens is 1. The highest BCUT2D eigenvalue weighted by atomic mass is 127. The Hall–Kier alpha value is -1.11. The van der Waals surface area contributed by atoms with Gasteiger partial charge in [-0.25, -0.2) is 4.79 Å². The maximum Gasteiger partial charge on any atom is 0.329 e. The van der Waals surface area contributed by atoms with Gasteiger partial charge in [-0.15, -0.1) is 0 Å². The lowest BCUT2D eigenvalue weighted by molar-refractivity contribution is -0.143. The summed E-state index contributed by atoms with van der Waals surface area (Å²) < 4.78 is 0.980. The molecule has 0 aromatic heterocycles. The summed E-state index contributed by atoms with van der Waals surface area (Å²) in [7, 11) is 0. The van der Waals surface area contributed by atoms with Gasteiger partial charge in [-0.2, -0.15) is 0 Å². The van der Waals surface area contributed by atoms with Crippen LogP contribution < -0.4 is 5.32 Å². The number of carbonyl (C=O) groups excluding carboxylic acids is 1. The van der Waals surface area contributed by atoms with Crippen LogP contribution in [0.5, 0.6) is 0 Å². The molecule has 0 fully saturated rings. The highest BCUT2D eigenvalue weighted by Crippen LogP contribution is 2.15. The molecule has 0 aliphatic rings. The van der Waals surface area contributed by atoms with Gasteiger partial charge in [0.25, 0.3) is 5.91 Å². The van der Waals surface area contributed by atoms with Gasteiger partial charge in [-0.05, 0) is 60.6 Å². The normalized spacial score (nSPS) is 13.8. The van der Waals surface area contributed by atoms with Gasteiger partial charge in [0.2, 0.25) is 0 Å². The quantitative estimate of drug-likeness (QED) is 0.811. The lowest BCUT2D eigenvalue weighted by Crippen LogP contribution is -2.51. The first-order valence-corrected chi connectivity index (χ1v) is 6.70. The van der Waals surface area contributed by atoms with E-state index in [1.54, 1.807) is 19.1 Å². The molecule has 2 N–H and O–H groups in total. The molecule has 0 spiro atoms. The third-order valence-electron chi connectivity index (χ3n) is 3.00. The largest absolute Gasteiger partial charge is 0.480 e. The monoisotopic (exact) mass is 361 g/mol. The fourth-order valence-electron chi connectivity index (χ4n) is 1.35. The summed E-state index contributed by atoms with van der Waals surface area (Å²) >= 11 is 2.15. The number of amides is 1. The summed E-state index contributed by atoms with van der Waals surface area (Å²) in [5.41, 5.74) is 0.336. The molecule has 0 aliphatic carbocycles. The number of benzene rings is 1. The van der Waals surface area contributed by atoms with Crippen molar-refractivity contribution in [3.05, 3.63) is 32.9 Å². The van der Waals surface area contributed by atoms with E-state index in [0.29, 0.717) is 12.0 Å². The maximum absolute atomic E-state index is 12.0. The summed E-state index contributed by atoms with van der Waals surface area (Å²) in [5.74, 6) is -1.39. The molecule has 1 unspecified atom stereocenters. The van der Waals surface area contributed by atoms with E-state index in [1.165, 1.54) is 6.92 Å². The van der Waals surface area contributed by atoms with Crippen LogP contribution in [0, 0.1) is 10.5 Å². The third kappa shape index (κ3) is 3.22. The average Bonchev–Trinajstić information content (AvgIpc) is 2.32. The molecule has 0 aliphatic heterocycles. The standard InChI is InChI=1S/C13H16INO3/c1-4-13(3,12(17)18)15-11(16)9-6-5-8(2)10(14)7-9/h5-7H,4H2,1-3H3,(H,15,16)(H,17,18). The Labute approximate surface area is 120 Å². The van der Waals surface area contributed by atoms with Crippen molar-refractivity contribution < 1.29 is 14.7 Å². The van der Waals surface area contributed by atoms with Gasteiger partial charge < -0.3 is 10.4 Å². The maximum atomic E-state index is 12.0. The minimum Gasteiger partial charge on any atom is -0.480 e. The first-order chi connectivity index (χ1) is 8.30. The van der Waals surface area contributed by atoms with Crippen LogP contribution in [0.15, 0.2) is 18.2 Å². The average molecular weight is 361 g/mol. The first kappa shape index (κ1) is 14.9. The van der Waals surface area contributed by atoms with Crippen LogP contribution in [-0.2, 0) is 4.79 Å². The number of nitrogens with one attached hydrogen (secondary N) is 1. The lowest BCUT2D eigenvalue weighted by Gasteiger charge is -2.24. The molecule has 1 amide bonds. The van der Waals surface area contributed by atoms with Crippen molar-refractivity contribution in [2.45, 2.75) is 32.7 Å². The number of hydrogen-bond acceptors (Lipinski definition) is 2. The molecule has 98 valence electrons. The molecular weight excluding hydrogens is 345 g/mol. The van der Waals surface area contributed by atoms with E-state index in [9.17, 15) is 9.59 Å². The van der Waals surface area contributed by atoms with E-state index in [0.717, 1.165) is 9.13 Å². The van der Waals surface area contributed by atoms with Crippen LogP contribution in [-0.4, -0.2) is 22.5 Å². The highest BCUT2D eigenvalue weighted by Gasteiger charge is 2.33. The number of carbonyl (C=O) groups is 2. The number of rotatable bonds is 4. The van der Waals surface area contributed by atoms with Crippen LogP contribution in [0.25, 0.3) is 0 Å². The molecular formula is C13H16INO3. The van der Waals surface area contributed by atoms with E-state index >= 15 is 0 Å². The van der Waals surface area contributed by atoms with E-state index in [1.807, 2.05) is 13.0 Å². The second-order valence-corrected chi connectivity index (χ2v) is 5.57. The van der Waals surface area contributed by atoms with Gasteiger partial charge in [0.05, 0.1) is 0 Å². The van der Waals surface area contributed by atoms with Crippen LogP contribution in [0.2, 0.25) is 0 Å². The predicted octanol–water partition coefficient (Wildman–Crippen LogP) is 2.58. The third-order valence-corrected chi connectivity index (χ3v) is 4.16. The molecule has 5 heteroatoms. The second-order valence-electron chi connectivity index (χ2n) is 4.41. The Morgan fingerprint density at radius 1 is 1.44 bits per heavy atom. The zero-order valence-electron chi connectivity index (χ0n) is 10.6. The molecule has 1 rings (SSSR count). The van der Waals surface area contributed by atoms with Crippen molar-refractivity contribution in [2.24, 2.45) is 0 Å². The fraction of sp³-hybridized carbons (Fsp3) is 0.385. The predicted molar refractivity (Wildman–Crippen MR) is 77.7 cm³/mol. The molecule has 1 atom stereocenters. The zero-order chi connectivity index (χ0) is 13.9. The van der Waals surface area contributed by atoms with Gasteiger partial charge in [-0.3, -0.25) is 4.79 Å². The van der Waals surface area contributed by atoms with E-state index in [4.69, 9.17) is 5.11 Å². The van der Waals surface area contributed by atoms with E-state index in [-0.39, 0.29) is 5.91 Å². The number of carboxylic acid groups (broad SMARTS) is 1. The summed E-state index contributed by atoms with van der Waals surface area (Å²) in [5, 5.41) is 11.7. The van der Waals surface area contributed by atoms with Gasteiger partial charge >= 0.3 is 5.97 Å². The highest BCUT2D eigenvalue weighted by molar-refractivity contribution is 14.1. The summed E-state index contributed by atoms with van der Waals surface area (Å²) in [4.78, 5) is 23.1. The van der Waals surface area contributed by atoms with Gasteiger partial charge in [0, 0.05) is 9.13 Å². The van der Waals surface area contributed by atoms with Crippen LogP contribution >= 0.6 is 22.6 Å². The molecule has 0 saturated carbocycles. The molecule has 0 bridgehead atoms. The first-order valence-electron chi connectivity index (χ1n) is 5.62. The summed E-state index contributed by atoms with van der Waals surface area (Å²) in [6, 6.07) is 5.30. The topological polar surface area (TPSA) is 66.4 Å². The van der Waals surface area contributed by atoms with Crippen molar-refractivity contribution in [3.8, 4) is 0 Å². The minimum absolute atomic E-state index is 0.330. The SMILES string of the molecule is CCC(C)(NC(=O)c1ccc(C)c(I)c1)C(=O)O. The Morgan fingerprint density at radius 3 is 2.50 bits per heavy atom. The Balaban J connectivity index is 2.95. The number of carboxylic acids is 1. The van der Waals surface area contributed by atoms with Crippen molar-refractivity contribution >= 4 is 34.5 Å². The lowest BCUT2D eigenvalue weighted by atomic mass is 9.98. The van der Waals surface area contributed by atoms with Gasteiger partial charge in [0.1, 0.15) is 5.54 Å². The van der Waals surface area contributed by atoms with Gasteiger partial charge in [0.15, 0.2) is 0 Å². The number of aliphatic carboxylic acids is 1. The molecule has 0 heterocycles. The molecule has 18 heavy (non-hydrogen) atoms. The molecule has 0 saturated heterocycles. The van der Waals surface area contributed by atoms with Crippen LogP contribution in [0.4, 0.5) is 0 Å². The van der Waals surface area contributed by atoms with Crippen molar-refractivity contribution in [2.75, 3.05) is 0 Å². The van der Waals surface area contributed by atoms with Crippen molar-refractivity contribution in [1.82, 2.24) is 5.32 Å². The number of aryl methyl sites for hydroxylation is 1. The fourth-order valence-corrected chi connectivity index (χ4v) is 1.87. The smallest absolute Gasteiger partial charge is 0.329 e.